The molecule has 0 saturated carbocycles. The molecule has 0 bridgehead atoms. The van der Waals surface area contributed by atoms with Gasteiger partial charge in [0.25, 0.3) is 5.91 Å². The van der Waals surface area contributed by atoms with Gasteiger partial charge < -0.3 is 15.8 Å². The molecule has 38 heavy (non-hydrogen) atoms. The van der Waals surface area contributed by atoms with Crippen molar-refractivity contribution in [1.29, 1.82) is 0 Å². The van der Waals surface area contributed by atoms with Gasteiger partial charge in [-0.3, -0.25) is 4.79 Å². The van der Waals surface area contributed by atoms with Gasteiger partial charge in [-0.2, -0.15) is 13.2 Å². The molecule has 4 aromatic rings. The van der Waals surface area contributed by atoms with E-state index in [9.17, 15) is 22.8 Å². The van der Waals surface area contributed by atoms with Crippen molar-refractivity contribution in [3.8, 4) is 16.9 Å². The van der Waals surface area contributed by atoms with E-state index in [0.29, 0.717) is 16.9 Å². The summed E-state index contributed by atoms with van der Waals surface area (Å²) >= 11 is 0. The normalized spacial score (nSPS) is 11.8. The quantitative estimate of drug-likeness (QED) is 0.292. The Kier molecular flexibility index (Phi) is 7.18. The van der Waals surface area contributed by atoms with Gasteiger partial charge in [-0.1, -0.05) is 69.3 Å². The molecule has 0 heterocycles. The average molecular weight is 521 g/mol. The molecule has 3 N–H and O–H groups in total. The highest BCUT2D eigenvalue weighted by Gasteiger charge is 2.30. The van der Waals surface area contributed by atoms with Crippen LogP contribution in [0.4, 0.5) is 18.0 Å². The van der Waals surface area contributed by atoms with Crippen molar-refractivity contribution >= 4 is 22.8 Å². The molecule has 2 amide bonds. The fourth-order valence-electron chi connectivity index (χ4n) is 4.56. The van der Waals surface area contributed by atoms with E-state index in [2.05, 4.69) is 5.32 Å². The van der Waals surface area contributed by atoms with E-state index in [1.807, 2.05) is 39.0 Å². The molecule has 0 saturated heterocycles. The molecule has 0 atom stereocenters. The predicted molar refractivity (Wildman–Crippen MR) is 141 cm³/mol. The van der Waals surface area contributed by atoms with Crippen LogP contribution in [0.5, 0.6) is 5.75 Å². The molecule has 0 aliphatic heterocycles. The predicted octanol–water partition coefficient (Wildman–Crippen LogP) is 7.21. The number of halogens is 3. The molecular weight excluding hydrogens is 493 g/mol. The number of carbonyl (C=O) groups excluding carboxylic acids is 2. The second-order valence-electron chi connectivity index (χ2n) is 9.96. The van der Waals surface area contributed by atoms with Crippen LogP contribution >= 0.6 is 0 Å². The van der Waals surface area contributed by atoms with Crippen LogP contribution in [0.1, 0.15) is 47.8 Å². The number of benzene rings is 4. The molecule has 0 fully saturated rings. The Balaban J connectivity index is 1.59. The van der Waals surface area contributed by atoms with E-state index < -0.39 is 17.8 Å². The summed E-state index contributed by atoms with van der Waals surface area (Å²) in [6.07, 6.45) is -5.31. The zero-order valence-corrected chi connectivity index (χ0v) is 21.1. The molecule has 0 unspecified atom stereocenters. The molecule has 8 heteroatoms. The van der Waals surface area contributed by atoms with Gasteiger partial charge in [0.15, 0.2) is 0 Å². The molecule has 0 aromatic heterocycles. The van der Waals surface area contributed by atoms with Crippen LogP contribution in [0.3, 0.4) is 0 Å². The number of rotatable bonds is 5. The van der Waals surface area contributed by atoms with Gasteiger partial charge in [0, 0.05) is 17.7 Å². The van der Waals surface area contributed by atoms with E-state index in [4.69, 9.17) is 10.5 Å². The summed E-state index contributed by atoms with van der Waals surface area (Å²) in [5.74, 6) is 0.0474. The first-order valence-corrected chi connectivity index (χ1v) is 11.9. The first-order chi connectivity index (χ1) is 17.8. The summed E-state index contributed by atoms with van der Waals surface area (Å²) in [5, 5.41) is 4.52. The monoisotopic (exact) mass is 520 g/mol. The molecule has 0 radical (unpaired) electrons. The summed E-state index contributed by atoms with van der Waals surface area (Å²) in [4.78, 5) is 24.4. The highest BCUT2D eigenvalue weighted by Crippen LogP contribution is 2.35. The summed E-state index contributed by atoms with van der Waals surface area (Å²) in [6.45, 7) is 6.11. The molecule has 4 aromatic carbocycles. The Bertz CT molecular complexity index is 1500. The number of hydrogen-bond acceptors (Lipinski definition) is 3. The zero-order valence-electron chi connectivity index (χ0n) is 21.1. The number of hydrogen-bond donors (Lipinski definition) is 2. The first kappa shape index (κ1) is 26.7. The summed E-state index contributed by atoms with van der Waals surface area (Å²) in [5.41, 5.74) is 7.53. The van der Waals surface area contributed by atoms with Gasteiger partial charge in [-0.25, -0.2) is 4.79 Å². The maximum absolute atomic E-state index is 13.0. The second kappa shape index (κ2) is 10.2. The van der Waals surface area contributed by atoms with E-state index >= 15 is 0 Å². The van der Waals surface area contributed by atoms with Crippen molar-refractivity contribution in [1.82, 2.24) is 5.32 Å². The Hall–Kier alpha value is -4.33. The van der Waals surface area contributed by atoms with Crippen LogP contribution in [0.2, 0.25) is 0 Å². The van der Waals surface area contributed by atoms with Crippen molar-refractivity contribution in [2.75, 3.05) is 0 Å². The molecule has 0 spiro atoms. The number of nitrogens with two attached hydrogens (primary N) is 1. The van der Waals surface area contributed by atoms with Crippen LogP contribution in [0, 0.1) is 0 Å². The minimum absolute atomic E-state index is 0.199. The van der Waals surface area contributed by atoms with Gasteiger partial charge in [0.2, 0.25) is 0 Å². The Morgan fingerprint density at radius 3 is 2.21 bits per heavy atom. The van der Waals surface area contributed by atoms with Crippen molar-refractivity contribution in [3.05, 3.63) is 101 Å². The Morgan fingerprint density at radius 1 is 0.895 bits per heavy atom. The third kappa shape index (κ3) is 5.80. The maximum Gasteiger partial charge on any atom is 0.416 e. The molecule has 0 aliphatic carbocycles. The lowest BCUT2D eigenvalue weighted by Gasteiger charge is -2.25. The minimum Gasteiger partial charge on any atom is -0.410 e. The summed E-state index contributed by atoms with van der Waals surface area (Å²) in [6, 6.07) is 21.0. The van der Waals surface area contributed by atoms with Crippen LogP contribution in [-0.4, -0.2) is 12.0 Å². The van der Waals surface area contributed by atoms with Gasteiger partial charge in [0.1, 0.15) is 5.75 Å². The average Bonchev–Trinajstić information content (AvgIpc) is 2.85. The van der Waals surface area contributed by atoms with Crippen LogP contribution in [0.15, 0.2) is 78.9 Å². The van der Waals surface area contributed by atoms with Gasteiger partial charge in [-0.15, -0.1) is 0 Å². The van der Waals surface area contributed by atoms with Crippen molar-refractivity contribution in [2.45, 2.75) is 38.9 Å². The Morgan fingerprint density at radius 2 is 1.58 bits per heavy atom. The van der Waals surface area contributed by atoms with Crippen molar-refractivity contribution in [3.63, 3.8) is 0 Å². The van der Waals surface area contributed by atoms with E-state index in [0.717, 1.165) is 39.6 Å². The fraction of sp³-hybridized carbons (Fsp3) is 0.200. The SMILES string of the molecule is CC(C)(C)c1c(CNC(=O)c2ccc3c(-c4ccc(C(F)(F)F)cc4)cccc3c2)cccc1OC(N)=O. The highest BCUT2D eigenvalue weighted by atomic mass is 19.4. The van der Waals surface area contributed by atoms with Gasteiger partial charge >= 0.3 is 12.3 Å². The van der Waals surface area contributed by atoms with Gasteiger partial charge in [0.05, 0.1) is 5.56 Å². The minimum atomic E-state index is -4.40. The van der Waals surface area contributed by atoms with Crippen LogP contribution in [-0.2, 0) is 18.1 Å². The highest BCUT2D eigenvalue weighted by molar-refractivity contribution is 6.02. The lowest BCUT2D eigenvalue weighted by atomic mass is 9.83. The standard InChI is InChI=1S/C30H27F3N2O3/c1-29(2,3)26-21(7-5-9-25(26)38-28(34)37)17-35-27(36)20-12-15-24-19(16-20)6-4-8-23(24)18-10-13-22(14-11-18)30(31,32)33/h4-16H,17H2,1-3H3,(H2,34,37)(H,35,36). The molecule has 4 rings (SSSR count). The van der Waals surface area contributed by atoms with Crippen molar-refractivity contribution < 1.29 is 27.5 Å². The maximum atomic E-state index is 13.0. The van der Waals surface area contributed by atoms with Crippen LogP contribution in [0.25, 0.3) is 21.9 Å². The summed E-state index contributed by atoms with van der Waals surface area (Å²) < 4.78 is 44.1. The smallest absolute Gasteiger partial charge is 0.410 e. The molecule has 0 aliphatic rings. The number of carbonyl (C=O) groups is 2. The third-order valence-corrected chi connectivity index (χ3v) is 6.18. The third-order valence-electron chi connectivity index (χ3n) is 6.18. The van der Waals surface area contributed by atoms with Crippen molar-refractivity contribution in [2.24, 2.45) is 5.73 Å². The number of amides is 2. The number of alkyl halides is 3. The number of fused-ring (bicyclic) bond motifs is 1. The Labute approximate surface area is 218 Å². The zero-order chi connectivity index (χ0) is 27.7. The van der Waals surface area contributed by atoms with E-state index in [1.54, 1.807) is 36.4 Å². The molecule has 5 nitrogen and oxygen atoms in total. The van der Waals surface area contributed by atoms with E-state index in [-0.39, 0.29) is 17.9 Å². The second-order valence-corrected chi connectivity index (χ2v) is 9.96. The molecular formula is C30H27F3N2O3. The summed E-state index contributed by atoms with van der Waals surface area (Å²) in [7, 11) is 0. The first-order valence-electron chi connectivity index (χ1n) is 11.9. The number of nitrogens with one attached hydrogen (secondary N) is 1. The van der Waals surface area contributed by atoms with E-state index in [1.165, 1.54) is 12.1 Å². The number of ether oxygens (including phenoxy) is 1. The number of primary amides is 1. The topological polar surface area (TPSA) is 81.4 Å². The lowest BCUT2D eigenvalue weighted by molar-refractivity contribution is -0.137. The molecule has 196 valence electrons. The van der Waals surface area contributed by atoms with Crippen LogP contribution < -0.4 is 15.8 Å². The fourth-order valence-corrected chi connectivity index (χ4v) is 4.56. The lowest BCUT2D eigenvalue weighted by Crippen LogP contribution is -2.26. The van der Waals surface area contributed by atoms with Gasteiger partial charge in [-0.05, 0) is 63.2 Å². The largest absolute Gasteiger partial charge is 0.416 e.